The van der Waals surface area contributed by atoms with Gasteiger partial charge in [0.2, 0.25) is 0 Å². The Labute approximate surface area is 125 Å². The van der Waals surface area contributed by atoms with E-state index in [1.54, 1.807) is 4.57 Å². The van der Waals surface area contributed by atoms with Gasteiger partial charge in [-0.2, -0.15) is 0 Å². The number of nitrogens with zero attached hydrogens (tertiary/aromatic N) is 3. The summed E-state index contributed by atoms with van der Waals surface area (Å²) in [6.45, 7) is 2.53. The number of benzene rings is 1. The van der Waals surface area contributed by atoms with E-state index in [0.717, 1.165) is 34.7 Å². The lowest BCUT2D eigenvalue weighted by atomic mass is 10.3. The molecular weight excluding hydrogens is 288 g/mol. The number of nitrogen functional groups attached to an aromatic ring is 1. The maximum atomic E-state index is 11.5. The van der Waals surface area contributed by atoms with Crippen molar-refractivity contribution in [3.8, 4) is 0 Å². The molecule has 21 heavy (non-hydrogen) atoms. The van der Waals surface area contributed by atoms with Crippen LogP contribution < -0.4 is 11.4 Å². The van der Waals surface area contributed by atoms with Crippen LogP contribution in [0.2, 0.25) is 0 Å². The zero-order valence-electron chi connectivity index (χ0n) is 11.6. The Morgan fingerprint density at radius 3 is 3.10 bits per heavy atom. The van der Waals surface area contributed by atoms with Gasteiger partial charge in [-0.3, -0.25) is 4.57 Å². The zero-order chi connectivity index (χ0) is 14.8. The zero-order valence-corrected chi connectivity index (χ0v) is 12.4. The van der Waals surface area contributed by atoms with Gasteiger partial charge in [0.1, 0.15) is 5.82 Å². The van der Waals surface area contributed by atoms with Gasteiger partial charge in [-0.25, -0.2) is 14.9 Å². The van der Waals surface area contributed by atoms with Gasteiger partial charge >= 0.3 is 5.69 Å². The lowest BCUT2D eigenvalue weighted by Gasteiger charge is -2.00. The molecule has 7 nitrogen and oxygen atoms in total. The molecule has 0 aliphatic rings. The molecule has 8 heteroatoms. The number of fused-ring (bicyclic) bond motifs is 1. The van der Waals surface area contributed by atoms with Crippen molar-refractivity contribution in [1.82, 2.24) is 24.7 Å². The second-order valence-corrected chi connectivity index (χ2v) is 5.68. The Morgan fingerprint density at radius 1 is 1.43 bits per heavy atom. The van der Waals surface area contributed by atoms with Crippen molar-refractivity contribution in [1.29, 1.82) is 0 Å². The van der Waals surface area contributed by atoms with Gasteiger partial charge in [-0.15, -0.1) is 5.10 Å². The third-order valence-corrected chi connectivity index (χ3v) is 4.14. The molecule has 2 aromatic heterocycles. The predicted molar refractivity (Wildman–Crippen MR) is 83.5 cm³/mol. The number of imidazole rings is 1. The Balaban J connectivity index is 1.67. The van der Waals surface area contributed by atoms with Gasteiger partial charge in [-0.05, 0) is 25.1 Å². The van der Waals surface area contributed by atoms with Gasteiger partial charge in [0.15, 0.2) is 5.16 Å². The van der Waals surface area contributed by atoms with E-state index in [0.29, 0.717) is 11.7 Å². The number of nitrogens with one attached hydrogen (secondary N) is 2. The normalized spacial score (nSPS) is 11.3. The molecule has 0 amide bonds. The van der Waals surface area contributed by atoms with Crippen LogP contribution in [0.3, 0.4) is 0 Å². The highest BCUT2D eigenvalue weighted by Gasteiger charge is 2.08. The molecule has 4 N–H and O–H groups in total. The van der Waals surface area contributed by atoms with Crippen LogP contribution in [-0.2, 0) is 13.0 Å². The summed E-state index contributed by atoms with van der Waals surface area (Å²) in [7, 11) is 0. The summed E-state index contributed by atoms with van der Waals surface area (Å²) in [5.41, 5.74) is 8.15. The maximum absolute atomic E-state index is 11.5. The van der Waals surface area contributed by atoms with E-state index >= 15 is 0 Å². The van der Waals surface area contributed by atoms with Crippen molar-refractivity contribution in [3.63, 3.8) is 0 Å². The monoisotopic (exact) mass is 304 g/mol. The molecule has 0 saturated carbocycles. The third-order valence-electron chi connectivity index (χ3n) is 3.16. The Hall–Kier alpha value is -2.22. The minimum Gasteiger partial charge on any atom is -0.399 e. The number of H-pyrrole nitrogens is 2. The number of nitrogens with two attached hydrogens (primary N) is 1. The molecule has 0 bridgehead atoms. The maximum Gasteiger partial charge on any atom is 0.343 e. The van der Waals surface area contributed by atoms with E-state index in [1.165, 1.54) is 11.8 Å². The number of anilines is 1. The SMILES string of the molecule is CCn1c(SCCc2nc3ccc(N)cc3[nH]2)n[nH]c1=O. The van der Waals surface area contributed by atoms with E-state index in [2.05, 4.69) is 20.2 Å². The lowest BCUT2D eigenvalue weighted by Crippen LogP contribution is -2.16. The van der Waals surface area contributed by atoms with Crippen molar-refractivity contribution < 1.29 is 0 Å². The van der Waals surface area contributed by atoms with Gasteiger partial charge < -0.3 is 10.7 Å². The summed E-state index contributed by atoms with van der Waals surface area (Å²) < 4.78 is 1.62. The minimum atomic E-state index is -0.167. The lowest BCUT2D eigenvalue weighted by molar-refractivity contribution is 0.660. The standard InChI is InChI=1S/C13H16N6OS/c1-2-19-12(20)17-18-13(19)21-6-5-11-15-9-4-3-8(14)7-10(9)16-11/h3-4,7H,2,5-6,14H2,1H3,(H,15,16)(H,17,20). The molecule has 0 radical (unpaired) electrons. The van der Waals surface area contributed by atoms with Crippen molar-refractivity contribution in [2.75, 3.05) is 11.5 Å². The molecule has 0 spiro atoms. The number of thioether (sulfide) groups is 1. The van der Waals surface area contributed by atoms with Gasteiger partial charge in [0.25, 0.3) is 0 Å². The highest BCUT2D eigenvalue weighted by atomic mass is 32.2. The fraction of sp³-hybridized carbons (Fsp3) is 0.308. The van der Waals surface area contributed by atoms with E-state index in [1.807, 2.05) is 25.1 Å². The molecule has 3 aromatic rings. The summed E-state index contributed by atoms with van der Waals surface area (Å²) in [6.07, 6.45) is 0.768. The average molecular weight is 304 g/mol. The van der Waals surface area contributed by atoms with Crippen molar-refractivity contribution in [2.24, 2.45) is 0 Å². The van der Waals surface area contributed by atoms with Crippen LogP contribution in [0.4, 0.5) is 5.69 Å². The molecule has 0 unspecified atom stereocenters. The van der Waals surface area contributed by atoms with Crippen LogP contribution in [0.25, 0.3) is 11.0 Å². The molecule has 0 atom stereocenters. The van der Waals surface area contributed by atoms with Crippen LogP contribution in [-0.4, -0.2) is 30.5 Å². The van der Waals surface area contributed by atoms with Gasteiger partial charge in [-0.1, -0.05) is 11.8 Å². The van der Waals surface area contributed by atoms with Crippen LogP contribution in [0, 0.1) is 0 Å². The van der Waals surface area contributed by atoms with Crippen LogP contribution in [0.1, 0.15) is 12.7 Å². The van der Waals surface area contributed by atoms with Gasteiger partial charge in [0.05, 0.1) is 11.0 Å². The molecule has 0 aliphatic carbocycles. The van der Waals surface area contributed by atoms with Crippen LogP contribution in [0.5, 0.6) is 0 Å². The first-order valence-corrected chi connectivity index (χ1v) is 7.68. The number of aromatic nitrogens is 5. The average Bonchev–Trinajstić information content (AvgIpc) is 3.01. The highest BCUT2D eigenvalue weighted by molar-refractivity contribution is 7.99. The van der Waals surface area contributed by atoms with Gasteiger partial charge in [0, 0.05) is 24.4 Å². The Kier molecular flexibility index (Phi) is 3.70. The fourth-order valence-corrected chi connectivity index (χ4v) is 3.09. The molecule has 2 heterocycles. The van der Waals surface area contributed by atoms with Crippen molar-refractivity contribution in [3.05, 3.63) is 34.5 Å². The summed E-state index contributed by atoms with van der Waals surface area (Å²) >= 11 is 1.54. The molecule has 3 rings (SSSR count). The second-order valence-electron chi connectivity index (χ2n) is 4.61. The Bertz CT molecular complexity index is 818. The fourth-order valence-electron chi connectivity index (χ4n) is 2.13. The molecule has 0 aliphatic heterocycles. The molecule has 0 fully saturated rings. The number of hydrogen-bond acceptors (Lipinski definition) is 5. The van der Waals surface area contributed by atoms with E-state index < -0.39 is 0 Å². The number of aryl methyl sites for hydroxylation is 1. The second kappa shape index (κ2) is 5.65. The summed E-state index contributed by atoms with van der Waals surface area (Å²) in [4.78, 5) is 19.2. The topological polar surface area (TPSA) is 105 Å². The quantitative estimate of drug-likeness (QED) is 0.488. The first-order valence-electron chi connectivity index (χ1n) is 6.69. The highest BCUT2D eigenvalue weighted by Crippen LogP contribution is 2.18. The smallest absolute Gasteiger partial charge is 0.343 e. The van der Waals surface area contributed by atoms with Crippen molar-refractivity contribution in [2.45, 2.75) is 25.0 Å². The number of rotatable bonds is 5. The third kappa shape index (κ3) is 2.80. The van der Waals surface area contributed by atoms with Crippen LogP contribution >= 0.6 is 11.8 Å². The minimum absolute atomic E-state index is 0.167. The molecule has 110 valence electrons. The molecule has 1 aromatic carbocycles. The first-order chi connectivity index (χ1) is 10.2. The summed E-state index contributed by atoms with van der Waals surface area (Å²) in [5.74, 6) is 1.70. The number of hydrogen-bond donors (Lipinski definition) is 3. The van der Waals surface area contributed by atoms with E-state index in [9.17, 15) is 4.79 Å². The van der Waals surface area contributed by atoms with E-state index in [-0.39, 0.29) is 5.69 Å². The first kappa shape index (κ1) is 13.7. The predicted octanol–water partition coefficient (Wildman–Crippen LogP) is 1.38. The summed E-state index contributed by atoms with van der Waals surface area (Å²) in [5, 5.41) is 7.19. The van der Waals surface area contributed by atoms with Crippen LogP contribution in [0.15, 0.2) is 28.2 Å². The van der Waals surface area contributed by atoms with Crippen molar-refractivity contribution >= 4 is 28.5 Å². The summed E-state index contributed by atoms with van der Waals surface area (Å²) in [6, 6.07) is 5.62. The van der Waals surface area contributed by atoms with E-state index in [4.69, 9.17) is 5.73 Å². The molecular formula is C13H16N6OS. The largest absolute Gasteiger partial charge is 0.399 e. The Morgan fingerprint density at radius 2 is 2.29 bits per heavy atom. The molecule has 0 saturated heterocycles. The number of aromatic amines is 2.